The van der Waals surface area contributed by atoms with Gasteiger partial charge in [-0.05, 0) is 18.4 Å². The first-order valence-corrected chi connectivity index (χ1v) is 11.5. The molecule has 1 aromatic heterocycles. The summed E-state index contributed by atoms with van der Waals surface area (Å²) in [5.74, 6) is 1.59. The van der Waals surface area contributed by atoms with Crippen LogP contribution in [0.1, 0.15) is 55.5 Å². The third kappa shape index (κ3) is 7.70. The summed E-state index contributed by atoms with van der Waals surface area (Å²) in [4.78, 5) is 19.4. The SMILES string of the molecule is CCC(CC)c1cc(CNC(=NC)NCC(C(=O)N2CCOCC2)c2ccccc2)on1.I. The number of rotatable bonds is 9. The van der Waals surface area contributed by atoms with Gasteiger partial charge >= 0.3 is 0 Å². The third-order valence-corrected chi connectivity index (χ3v) is 5.93. The average Bonchev–Trinajstić information content (AvgIpc) is 3.31. The molecule has 182 valence electrons. The van der Waals surface area contributed by atoms with Gasteiger partial charge in [0.25, 0.3) is 0 Å². The molecule has 2 N–H and O–H groups in total. The van der Waals surface area contributed by atoms with E-state index >= 15 is 0 Å². The van der Waals surface area contributed by atoms with E-state index in [0.29, 0.717) is 51.3 Å². The summed E-state index contributed by atoms with van der Waals surface area (Å²) >= 11 is 0. The minimum absolute atomic E-state index is 0. The number of benzene rings is 1. The molecule has 0 bridgehead atoms. The monoisotopic (exact) mass is 569 g/mol. The minimum atomic E-state index is -0.306. The number of halogens is 1. The number of aliphatic imine (C=N–C) groups is 1. The van der Waals surface area contributed by atoms with Crippen LogP contribution >= 0.6 is 24.0 Å². The number of amides is 1. The van der Waals surface area contributed by atoms with E-state index in [0.717, 1.165) is 29.9 Å². The van der Waals surface area contributed by atoms with Crippen molar-refractivity contribution in [2.24, 2.45) is 4.99 Å². The van der Waals surface area contributed by atoms with Crippen molar-refractivity contribution in [1.29, 1.82) is 0 Å². The lowest BCUT2D eigenvalue weighted by molar-refractivity contribution is -0.136. The molecule has 1 unspecified atom stereocenters. The van der Waals surface area contributed by atoms with Crippen molar-refractivity contribution in [3.05, 3.63) is 53.4 Å². The average molecular weight is 569 g/mol. The van der Waals surface area contributed by atoms with Gasteiger partial charge in [0.05, 0.1) is 31.4 Å². The molecule has 2 heterocycles. The van der Waals surface area contributed by atoms with Crippen LogP contribution in [0.15, 0.2) is 45.9 Å². The number of nitrogens with one attached hydrogen (secondary N) is 2. The summed E-state index contributed by atoms with van der Waals surface area (Å²) in [7, 11) is 1.71. The highest BCUT2D eigenvalue weighted by Crippen LogP contribution is 2.22. The highest BCUT2D eigenvalue weighted by atomic mass is 127. The molecule has 33 heavy (non-hydrogen) atoms. The fourth-order valence-corrected chi connectivity index (χ4v) is 3.94. The number of nitrogens with zero attached hydrogens (tertiary/aromatic N) is 3. The quantitative estimate of drug-likeness (QED) is 0.273. The van der Waals surface area contributed by atoms with E-state index in [1.54, 1.807) is 7.05 Å². The molecule has 1 aliphatic heterocycles. The van der Waals surface area contributed by atoms with E-state index in [2.05, 4.69) is 34.6 Å². The number of hydrogen-bond acceptors (Lipinski definition) is 5. The van der Waals surface area contributed by atoms with Gasteiger partial charge in [-0.2, -0.15) is 0 Å². The number of carbonyl (C=O) groups excluding carboxylic acids is 1. The molecule has 1 fully saturated rings. The fraction of sp³-hybridized carbons (Fsp3) is 0.542. The second-order valence-corrected chi connectivity index (χ2v) is 7.94. The molecule has 1 aliphatic rings. The zero-order valence-corrected chi connectivity index (χ0v) is 22.1. The van der Waals surface area contributed by atoms with Crippen molar-refractivity contribution < 1.29 is 14.1 Å². The Morgan fingerprint density at radius 1 is 1.15 bits per heavy atom. The van der Waals surface area contributed by atoms with Crippen LogP contribution in [0.25, 0.3) is 0 Å². The summed E-state index contributed by atoms with van der Waals surface area (Å²) in [5, 5.41) is 10.8. The lowest BCUT2D eigenvalue weighted by Crippen LogP contribution is -2.47. The van der Waals surface area contributed by atoms with Gasteiger partial charge in [-0.3, -0.25) is 9.79 Å². The molecule has 0 spiro atoms. The van der Waals surface area contributed by atoms with E-state index in [1.165, 1.54) is 0 Å². The summed E-state index contributed by atoms with van der Waals surface area (Å²) in [6.07, 6.45) is 2.08. The summed E-state index contributed by atoms with van der Waals surface area (Å²) in [5.41, 5.74) is 1.98. The molecule has 1 saturated heterocycles. The standard InChI is InChI=1S/C24H35N5O3.HI/c1-4-18(5-2)22-15-20(32-28-22)16-26-24(25-3)27-17-21(19-9-7-6-8-10-19)23(30)29-11-13-31-14-12-29;/h6-10,15,18,21H,4-5,11-14,16-17H2,1-3H3,(H2,25,26,27);1H. The van der Waals surface area contributed by atoms with Gasteiger partial charge in [0, 0.05) is 38.7 Å². The second-order valence-electron chi connectivity index (χ2n) is 7.94. The summed E-state index contributed by atoms with van der Waals surface area (Å²) < 4.78 is 10.9. The molecule has 8 nitrogen and oxygen atoms in total. The maximum absolute atomic E-state index is 13.2. The van der Waals surface area contributed by atoms with Gasteiger partial charge in [0.15, 0.2) is 11.7 Å². The van der Waals surface area contributed by atoms with Crippen LogP contribution in [0, 0.1) is 0 Å². The molecule has 0 radical (unpaired) electrons. The Kier molecular flexibility index (Phi) is 11.7. The molecule has 2 aromatic rings. The largest absolute Gasteiger partial charge is 0.378 e. The smallest absolute Gasteiger partial charge is 0.232 e. The first-order valence-electron chi connectivity index (χ1n) is 11.5. The van der Waals surface area contributed by atoms with Crippen molar-refractivity contribution in [2.45, 2.75) is 45.1 Å². The molecule has 3 rings (SSSR count). The highest BCUT2D eigenvalue weighted by molar-refractivity contribution is 14.0. The van der Waals surface area contributed by atoms with Crippen LogP contribution in [0.2, 0.25) is 0 Å². The topological polar surface area (TPSA) is 92.0 Å². The van der Waals surface area contributed by atoms with Gasteiger partial charge in [-0.1, -0.05) is 49.3 Å². The predicted molar refractivity (Wildman–Crippen MR) is 140 cm³/mol. The normalized spacial score (nSPS) is 15.2. The highest BCUT2D eigenvalue weighted by Gasteiger charge is 2.27. The zero-order chi connectivity index (χ0) is 22.8. The van der Waals surface area contributed by atoms with Crippen LogP contribution in [-0.2, 0) is 16.1 Å². The predicted octanol–water partition coefficient (Wildman–Crippen LogP) is 3.50. The van der Waals surface area contributed by atoms with E-state index in [-0.39, 0.29) is 35.8 Å². The van der Waals surface area contributed by atoms with Gasteiger partial charge in [-0.15, -0.1) is 24.0 Å². The van der Waals surface area contributed by atoms with E-state index in [1.807, 2.05) is 41.3 Å². The Hall–Kier alpha value is -2.14. The van der Waals surface area contributed by atoms with Gasteiger partial charge in [-0.25, -0.2) is 0 Å². The van der Waals surface area contributed by atoms with Crippen LogP contribution in [0.4, 0.5) is 0 Å². The number of hydrogen-bond donors (Lipinski definition) is 2. The second kappa shape index (κ2) is 14.2. The van der Waals surface area contributed by atoms with Crippen LogP contribution in [-0.4, -0.2) is 61.8 Å². The molecular weight excluding hydrogens is 533 g/mol. The molecule has 9 heteroatoms. The van der Waals surface area contributed by atoms with E-state index in [4.69, 9.17) is 9.26 Å². The molecule has 1 amide bonds. The van der Waals surface area contributed by atoms with Crippen molar-refractivity contribution in [2.75, 3.05) is 39.9 Å². The number of guanidine groups is 1. The van der Waals surface area contributed by atoms with Crippen LogP contribution < -0.4 is 10.6 Å². The van der Waals surface area contributed by atoms with Crippen molar-refractivity contribution in [3.8, 4) is 0 Å². The molecule has 0 aliphatic carbocycles. The lowest BCUT2D eigenvalue weighted by atomic mass is 9.97. The third-order valence-electron chi connectivity index (χ3n) is 5.93. The number of ether oxygens (including phenoxy) is 1. The van der Waals surface area contributed by atoms with Crippen molar-refractivity contribution >= 4 is 35.8 Å². The maximum atomic E-state index is 13.2. The first kappa shape index (κ1) is 27.1. The number of carbonyl (C=O) groups is 1. The zero-order valence-electron chi connectivity index (χ0n) is 19.8. The Labute approximate surface area is 213 Å². The van der Waals surface area contributed by atoms with Crippen molar-refractivity contribution in [3.63, 3.8) is 0 Å². The summed E-state index contributed by atoms with van der Waals surface area (Å²) in [6, 6.07) is 11.9. The molecular formula is C24H36IN5O3. The van der Waals surface area contributed by atoms with E-state index in [9.17, 15) is 4.79 Å². The van der Waals surface area contributed by atoms with Gasteiger partial charge in [0.1, 0.15) is 0 Å². The lowest BCUT2D eigenvalue weighted by Gasteiger charge is -2.31. The molecule has 1 atom stereocenters. The first-order chi connectivity index (χ1) is 15.7. The van der Waals surface area contributed by atoms with E-state index < -0.39 is 0 Å². The molecule has 0 saturated carbocycles. The maximum Gasteiger partial charge on any atom is 0.232 e. The van der Waals surface area contributed by atoms with Crippen molar-refractivity contribution in [1.82, 2.24) is 20.7 Å². The minimum Gasteiger partial charge on any atom is -0.378 e. The van der Waals surface area contributed by atoms with Gasteiger partial charge in [0.2, 0.25) is 5.91 Å². The Balaban J connectivity index is 0.00000385. The van der Waals surface area contributed by atoms with Crippen LogP contribution in [0.5, 0.6) is 0 Å². The Morgan fingerprint density at radius 2 is 1.85 bits per heavy atom. The van der Waals surface area contributed by atoms with Crippen LogP contribution in [0.3, 0.4) is 0 Å². The van der Waals surface area contributed by atoms with Gasteiger partial charge < -0.3 is 24.8 Å². The Morgan fingerprint density at radius 3 is 2.48 bits per heavy atom. The number of morpholine rings is 1. The summed E-state index contributed by atoms with van der Waals surface area (Å²) in [6.45, 7) is 7.65. The Bertz CT molecular complexity index is 864. The number of aromatic nitrogens is 1. The fourth-order valence-electron chi connectivity index (χ4n) is 3.94. The molecule has 1 aromatic carbocycles.